The molecule has 134 valence electrons. The molecule has 6 nitrogen and oxygen atoms in total. The zero-order chi connectivity index (χ0) is 18.8. The van der Waals surface area contributed by atoms with Gasteiger partial charge in [0.25, 0.3) is 11.8 Å². The van der Waals surface area contributed by atoms with Crippen LogP contribution >= 0.6 is 0 Å². The van der Waals surface area contributed by atoms with Crippen LogP contribution < -0.4 is 5.32 Å². The highest BCUT2D eigenvalue weighted by Gasteiger charge is 2.15. The first-order valence-electron chi connectivity index (χ1n) is 8.16. The van der Waals surface area contributed by atoms with E-state index in [1.807, 2.05) is 0 Å². The van der Waals surface area contributed by atoms with Gasteiger partial charge in [0, 0.05) is 11.3 Å². The summed E-state index contributed by atoms with van der Waals surface area (Å²) in [6, 6.07) is 15.0. The molecule has 0 saturated heterocycles. The average Bonchev–Trinajstić information content (AvgIpc) is 3.35. The van der Waals surface area contributed by atoms with Crippen LogP contribution in [-0.2, 0) is 0 Å². The molecule has 0 aliphatic carbocycles. The van der Waals surface area contributed by atoms with E-state index in [-0.39, 0.29) is 17.3 Å². The third-order valence-corrected chi connectivity index (χ3v) is 3.96. The number of halogens is 1. The van der Waals surface area contributed by atoms with Crippen molar-refractivity contribution in [1.82, 2.24) is 10.2 Å². The molecule has 7 heteroatoms. The second-order valence-electron chi connectivity index (χ2n) is 5.86. The number of carbonyl (C=O) groups is 1. The maximum absolute atomic E-state index is 14.1. The van der Waals surface area contributed by atoms with Gasteiger partial charge in [-0.05, 0) is 48.9 Å². The molecule has 0 bridgehead atoms. The minimum Gasteiger partial charge on any atom is -0.459 e. The van der Waals surface area contributed by atoms with E-state index in [2.05, 4.69) is 15.5 Å². The number of benzene rings is 2. The lowest BCUT2D eigenvalue weighted by atomic mass is 10.1. The number of anilines is 1. The van der Waals surface area contributed by atoms with Gasteiger partial charge in [-0.2, -0.15) is 0 Å². The topological polar surface area (TPSA) is 81.2 Å². The van der Waals surface area contributed by atoms with Gasteiger partial charge in [-0.25, -0.2) is 4.39 Å². The van der Waals surface area contributed by atoms with Crippen molar-refractivity contribution >= 4 is 11.6 Å². The molecular weight excluding hydrogens is 349 g/mol. The van der Waals surface area contributed by atoms with E-state index >= 15 is 0 Å². The molecular formula is C20H14FN3O3. The van der Waals surface area contributed by atoms with Crippen molar-refractivity contribution in [2.24, 2.45) is 0 Å². The van der Waals surface area contributed by atoms with E-state index in [0.717, 1.165) is 0 Å². The summed E-state index contributed by atoms with van der Waals surface area (Å²) >= 11 is 0. The van der Waals surface area contributed by atoms with Crippen LogP contribution in [0.25, 0.3) is 23.1 Å². The molecule has 2 aromatic carbocycles. The van der Waals surface area contributed by atoms with Gasteiger partial charge in [-0.3, -0.25) is 4.79 Å². The summed E-state index contributed by atoms with van der Waals surface area (Å²) in [4.78, 5) is 12.4. The van der Waals surface area contributed by atoms with Gasteiger partial charge in [0.2, 0.25) is 5.89 Å². The molecule has 2 aromatic heterocycles. The lowest BCUT2D eigenvalue weighted by Gasteiger charge is -2.08. The molecule has 4 aromatic rings. The van der Waals surface area contributed by atoms with Crippen LogP contribution in [0.4, 0.5) is 10.1 Å². The lowest BCUT2D eigenvalue weighted by Crippen LogP contribution is -2.14. The summed E-state index contributed by atoms with van der Waals surface area (Å²) in [6.45, 7) is 1.61. The van der Waals surface area contributed by atoms with Crippen LogP contribution in [-0.4, -0.2) is 16.1 Å². The summed E-state index contributed by atoms with van der Waals surface area (Å²) in [7, 11) is 0. The summed E-state index contributed by atoms with van der Waals surface area (Å²) in [5.41, 5.74) is 1.49. The fraction of sp³-hybridized carbons (Fsp3) is 0.0500. The Kier molecular flexibility index (Phi) is 4.25. The first-order valence-corrected chi connectivity index (χ1v) is 8.16. The number of aryl methyl sites for hydroxylation is 1. The number of rotatable bonds is 4. The number of carbonyl (C=O) groups excluding carboxylic acids is 1. The fourth-order valence-corrected chi connectivity index (χ4v) is 2.59. The summed E-state index contributed by atoms with van der Waals surface area (Å²) in [6.07, 6.45) is 1.51. The van der Waals surface area contributed by atoms with E-state index in [0.29, 0.717) is 22.6 Å². The Hall–Kier alpha value is -3.74. The molecule has 1 N–H and O–H groups in total. The third-order valence-electron chi connectivity index (χ3n) is 3.96. The number of furan rings is 1. The van der Waals surface area contributed by atoms with E-state index in [1.165, 1.54) is 12.3 Å². The Morgan fingerprint density at radius 1 is 1.04 bits per heavy atom. The minimum atomic E-state index is -0.536. The van der Waals surface area contributed by atoms with Gasteiger partial charge in [0.15, 0.2) is 5.76 Å². The van der Waals surface area contributed by atoms with Crippen LogP contribution in [0.3, 0.4) is 0 Å². The lowest BCUT2D eigenvalue weighted by molar-refractivity contribution is 0.102. The normalized spacial score (nSPS) is 10.7. The standard InChI is InChI=1S/C20H14FN3O3/c1-12-5-2-8-15(17(12)21)18(25)22-14-7-3-6-13(11-14)19-23-24-20(27-19)16-9-4-10-26-16/h2-11H,1H3,(H,22,25). The number of hydrogen-bond donors (Lipinski definition) is 1. The summed E-state index contributed by atoms with van der Waals surface area (Å²) in [5, 5.41) is 10.6. The molecule has 27 heavy (non-hydrogen) atoms. The second-order valence-corrected chi connectivity index (χ2v) is 5.86. The molecule has 1 amide bonds. The second kappa shape index (κ2) is 6.87. The average molecular weight is 363 g/mol. The highest BCUT2D eigenvalue weighted by atomic mass is 19.1. The van der Waals surface area contributed by atoms with Crippen molar-refractivity contribution in [2.75, 3.05) is 5.32 Å². The highest BCUT2D eigenvalue weighted by molar-refractivity contribution is 6.04. The zero-order valence-corrected chi connectivity index (χ0v) is 14.3. The Morgan fingerprint density at radius 2 is 1.85 bits per heavy atom. The largest absolute Gasteiger partial charge is 0.459 e. The van der Waals surface area contributed by atoms with Crippen molar-refractivity contribution in [2.45, 2.75) is 6.92 Å². The van der Waals surface area contributed by atoms with Gasteiger partial charge in [0.05, 0.1) is 11.8 Å². The number of nitrogens with one attached hydrogen (secondary N) is 1. The first-order chi connectivity index (χ1) is 13.1. The quantitative estimate of drug-likeness (QED) is 0.568. The van der Waals surface area contributed by atoms with Gasteiger partial charge < -0.3 is 14.2 Å². The number of hydrogen-bond acceptors (Lipinski definition) is 5. The van der Waals surface area contributed by atoms with Gasteiger partial charge in [-0.1, -0.05) is 18.2 Å². The van der Waals surface area contributed by atoms with Crippen molar-refractivity contribution in [3.05, 3.63) is 77.8 Å². The maximum atomic E-state index is 14.1. The van der Waals surface area contributed by atoms with E-state index in [9.17, 15) is 9.18 Å². The molecule has 0 radical (unpaired) electrons. The molecule has 0 atom stereocenters. The molecule has 0 spiro atoms. The molecule has 0 fully saturated rings. The molecule has 0 unspecified atom stereocenters. The summed E-state index contributed by atoms with van der Waals surface area (Å²) in [5.74, 6) is -0.0695. The first kappa shape index (κ1) is 16.7. The van der Waals surface area contributed by atoms with Crippen molar-refractivity contribution < 1.29 is 18.0 Å². The van der Waals surface area contributed by atoms with Crippen LogP contribution in [0.5, 0.6) is 0 Å². The van der Waals surface area contributed by atoms with Gasteiger partial charge >= 0.3 is 0 Å². The number of amides is 1. The zero-order valence-electron chi connectivity index (χ0n) is 14.3. The number of nitrogens with zero attached hydrogens (tertiary/aromatic N) is 2. The Balaban J connectivity index is 1.58. The van der Waals surface area contributed by atoms with E-state index in [4.69, 9.17) is 8.83 Å². The van der Waals surface area contributed by atoms with Gasteiger partial charge in [-0.15, -0.1) is 10.2 Å². The Bertz CT molecular complexity index is 1100. The number of aromatic nitrogens is 2. The monoisotopic (exact) mass is 363 g/mol. The Morgan fingerprint density at radius 3 is 2.67 bits per heavy atom. The van der Waals surface area contributed by atoms with E-state index in [1.54, 1.807) is 55.5 Å². The highest BCUT2D eigenvalue weighted by Crippen LogP contribution is 2.26. The molecule has 0 aliphatic heterocycles. The van der Waals surface area contributed by atoms with Crippen LogP contribution in [0, 0.1) is 12.7 Å². The van der Waals surface area contributed by atoms with Crippen LogP contribution in [0.2, 0.25) is 0 Å². The molecule has 2 heterocycles. The predicted molar refractivity (Wildman–Crippen MR) is 96.5 cm³/mol. The third kappa shape index (κ3) is 3.35. The smallest absolute Gasteiger partial charge is 0.283 e. The Labute approximate surface area is 153 Å². The van der Waals surface area contributed by atoms with Crippen molar-refractivity contribution in [3.8, 4) is 23.1 Å². The van der Waals surface area contributed by atoms with Crippen LogP contribution in [0.15, 0.2) is 69.7 Å². The molecule has 0 saturated carbocycles. The molecule has 4 rings (SSSR count). The predicted octanol–water partition coefficient (Wildman–Crippen LogP) is 4.70. The van der Waals surface area contributed by atoms with Gasteiger partial charge in [0.1, 0.15) is 5.82 Å². The maximum Gasteiger partial charge on any atom is 0.283 e. The SMILES string of the molecule is Cc1cccc(C(=O)Nc2cccc(-c3nnc(-c4ccco4)o3)c2)c1F. The van der Waals surface area contributed by atoms with E-state index < -0.39 is 11.7 Å². The van der Waals surface area contributed by atoms with Crippen LogP contribution in [0.1, 0.15) is 15.9 Å². The minimum absolute atomic E-state index is 0.0155. The fourth-order valence-electron chi connectivity index (χ4n) is 2.59. The summed E-state index contributed by atoms with van der Waals surface area (Å²) < 4.78 is 25.0. The van der Waals surface area contributed by atoms with Crippen molar-refractivity contribution in [3.63, 3.8) is 0 Å². The molecule has 0 aliphatic rings. The van der Waals surface area contributed by atoms with Crippen molar-refractivity contribution in [1.29, 1.82) is 0 Å².